The molecule has 4 aromatic rings. The lowest BCUT2D eigenvalue weighted by molar-refractivity contribution is -0.157. The van der Waals surface area contributed by atoms with Crippen molar-refractivity contribution < 1.29 is 38.1 Å². The molecule has 1 aliphatic carbocycles. The molecule has 284 valence electrons. The molecule has 0 heterocycles. The number of ether oxygens (including phenoxy) is 2. The SMILES string of the molecule is CC(C)C[C@H](C(=O)O)N(C(=O)[C@H](NC(=O)OC(C)(C)C)C1Cc2ccccc2C1)[C@H](C(=O)Nc1ccccc1OCc1ccccc1)c1ccc(F)cc1. The molecular formula is C43H48FN3O7. The summed E-state index contributed by atoms with van der Waals surface area (Å²) in [4.78, 5) is 57.7. The maximum Gasteiger partial charge on any atom is 0.408 e. The first kappa shape index (κ1) is 39.5. The van der Waals surface area contributed by atoms with E-state index in [9.17, 15) is 23.9 Å². The molecule has 4 aromatic carbocycles. The number of hydrogen-bond acceptors (Lipinski definition) is 6. The molecule has 0 unspecified atom stereocenters. The van der Waals surface area contributed by atoms with Crippen molar-refractivity contribution in [3.8, 4) is 5.75 Å². The van der Waals surface area contributed by atoms with Crippen molar-refractivity contribution >= 4 is 29.6 Å². The Morgan fingerprint density at radius 3 is 2.04 bits per heavy atom. The van der Waals surface area contributed by atoms with Gasteiger partial charge < -0.3 is 30.1 Å². The molecule has 1 aliphatic rings. The van der Waals surface area contributed by atoms with E-state index in [4.69, 9.17) is 9.47 Å². The van der Waals surface area contributed by atoms with Crippen LogP contribution in [0.2, 0.25) is 0 Å². The lowest BCUT2D eigenvalue weighted by Crippen LogP contribution is -2.59. The van der Waals surface area contributed by atoms with Gasteiger partial charge in [0.1, 0.15) is 41.9 Å². The molecule has 3 amide bonds. The number of para-hydroxylation sites is 2. The van der Waals surface area contributed by atoms with Crippen molar-refractivity contribution in [1.29, 1.82) is 0 Å². The third-order valence-corrected chi connectivity index (χ3v) is 9.16. The van der Waals surface area contributed by atoms with E-state index < -0.39 is 59.3 Å². The topological polar surface area (TPSA) is 134 Å². The number of halogens is 1. The van der Waals surface area contributed by atoms with Gasteiger partial charge in [-0.15, -0.1) is 0 Å². The predicted octanol–water partition coefficient (Wildman–Crippen LogP) is 7.72. The number of carboxylic acids is 1. The first-order valence-electron chi connectivity index (χ1n) is 18.1. The average Bonchev–Trinajstić information content (AvgIpc) is 3.55. The highest BCUT2D eigenvalue weighted by molar-refractivity contribution is 6.01. The fraction of sp³-hybridized carbons (Fsp3) is 0.349. The summed E-state index contributed by atoms with van der Waals surface area (Å²) in [6, 6.07) is 24.6. The highest BCUT2D eigenvalue weighted by Crippen LogP contribution is 2.35. The molecular weight excluding hydrogens is 689 g/mol. The molecule has 0 saturated carbocycles. The van der Waals surface area contributed by atoms with Crippen LogP contribution in [-0.2, 0) is 38.6 Å². The van der Waals surface area contributed by atoms with Crippen molar-refractivity contribution in [2.24, 2.45) is 11.8 Å². The summed E-state index contributed by atoms with van der Waals surface area (Å²) in [7, 11) is 0. The van der Waals surface area contributed by atoms with E-state index in [1.165, 1.54) is 12.1 Å². The molecule has 3 N–H and O–H groups in total. The van der Waals surface area contributed by atoms with Crippen molar-refractivity contribution in [3.63, 3.8) is 0 Å². The van der Waals surface area contributed by atoms with Gasteiger partial charge in [0.25, 0.3) is 5.91 Å². The molecule has 0 aliphatic heterocycles. The van der Waals surface area contributed by atoms with Crippen molar-refractivity contribution in [2.75, 3.05) is 5.32 Å². The monoisotopic (exact) mass is 737 g/mol. The number of anilines is 1. The summed E-state index contributed by atoms with van der Waals surface area (Å²) in [5.74, 6) is -3.84. The van der Waals surface area contributed by atoms with Gasteiger partial charge in [-0.2, -0.15) is 0 Å². The standard InChI is InChI=1S/C43H48FN3O7/c1-27(2)23-35(41(50)51)47(40(49)37(46-42(52)54-43(3,4)5)32-24-30-15-9-10-16-31(30)25-32)38(29-19-21-33(44)22-20-29)39(48)45-34-17-11-12-18-36(34)53-26-28-13-7-6-8-14-28/h6-22,27,32,35,37-38H,23-26H2,1-5H3,(H,45,48)(H,46,52)(H,50,51)/t35-,37-,38+/m1/s1. The van der Waals surface area contributed by atoms with Crippen LogP contribution in [0.1, 0.15) is 69.3 Å². The van der Waals surface area contributed by atoms with Crippen LogP contribution in [0, 0.1) is 17.7 Å². The molecule has 5 rings (SSSR count). The second kappa shape index (κ2) is 17.4. The summed E-state index contributed by atoms with van der Waals surface area (Å²) in [6.07, 6.45) is -0.0536. The zero-order chi connectivity index (χ0) is 39.0. The first-order valence-corrected chi connectivity index (χ1v) is 18.1. The third-order valence-electron chi connectivity index (χ3n) is 9.16. The van der Waals surface area contributed by atoms with Crippen LogP contribution >= 0.6 is 0 Å². The lowest BCUT2D eigenvalue weighted by atomic mass is 9.91. The Kier molecular flexibility index (Phi) is 12.7. The molecule has 0 saturated heterocycles. The average molecular weight is 738 g/mol. The summed E-state index contributed by atoms with van der Waals surface area (Å²) in [5.41, 5.74) is 2.44. The summed E-state index contributed by atoms with van der Waals surface area (Å²) in [5, 5.41) is 16.4. The number of rotatable bonds is 14. The summed E-state index contributed by atoms with van der Waals surface area (Å²) >= 11 is 0. The van der Waals surface area contributed by atoms with Crippen LogP contribution in [0.15, 0.2) is 103 Å². The van der Waals surface area contributed by atoms with Gasteiger partial charge in [0.05, 0.1) is 5.69 Å². The molecule has 0 fully saturated rings. The van der Waals surface area contributed by atoms with Gasteiger partial charge in [0.2, 0.25) is 5.91 Å². The number of fused-ring (bicyclic) bond motifs is 1. The number of hydrogen-bond donors (Lipinski definition) is 3. The van der Waals surface area contributed by atoms with Crippen LogP contribution in [0.25, 0.3) is 0 Å². The Morgan fingerprint density at radius 2 is 1.44 bits per heavy atom. The van der Waals surface area contributed by atoms with Crippen molar-refractivity contribution in [1.82, 2.24) is 10.2 Å². The molecule has 0 aromatic heterocycles. The van der Waals surface area contributed by atoms with E-state index in [0.29, 0.717) is 18.6 Å². The Hall–Kier alpha value is -5.71. The first-order chi connectivity index (χ1) is 25.7. The predicted molar refractivity (Wildman–Crippen MR) is 203 cm³/mol. The highest BCUT2D eigenvalue weighted by atomic mass is 19.1. The maximum atomic E-state index is 15.3. The van der Waals surface area contributed by atoms with Crippen LogP contribution in [0.5, 0.6) is 5.75 Å². The molecule has 54 heavy (non-hydrogen) atoms. The highest BCUT2D eigenvalue weighted by Gasteiger charge is 2.46. The number of carbonyl (C=O) groups is 4. The number of nitrogens with one attached hydrogen (secondary N) is 2. The van der Waals surface area contributed by atoms with Crippen LogP contribution in [0.4, 0.5) is 14.9 Å². The minimum atomic E-state index is -1.58. The van der Waals surface area contributed by atoms with Gasteiger partial charge in [-0.25, -0.2) is 14.0 Å². The van der Waals surface area contributed by atoms with E-state index in [1.54, 1.807) is 45.0 Å². The van der Waals surface area contributed by atoms with E-state index >= 15 is 4.79 Å². The Morgan fingerprint density at radius 1 is 0.852 bits per heavy atom. The van der Waals surface area contributed by atoms with E-state index in [-0.39, 0.29) is 30.2 Å². The van der Waals surface area contributed by atoms with Crippen molar-refractivity contribution in [2.45, 2.75) is 84.2 Å². The quantitative estimate of drug-likeness (QED) is 0.121. The largest absolute Gasteiger partial charge is 0.487 e. The fourth-order valence-corrected chi connectivity index (χ4v) is 6.76. The lowest BCUT2D eigenvalue weighted by Gasteiger charge is -2.39. The number of aliphatic carboxylic acids is 1. The minimum absolute atomic E-state index is 0.0210. The maximum absolute atomic E-state index is 15.3. The van der Waals surface area contributed by atoms with Gasteiger partial charge in [0, 0.05) is 0 Å². The second-order valence-electron chi connectivity index (χ2n) is 15.0. The Labute approximate surface area is 315 Å². The van der Waals surface area contributed by atoms with E-state index in [0.717, 1.165) is 33.7 Å². The van der Waals surface area contributed by atoms with Gasteiger partial charge in [0.15, 0.2) is 0 Å². The minimum Gasteiger partial charge on any atom is -0.487 e. The molecule has 0 bridgehead atoms. The second-order valence-corrected chi connectivity index (χ2v) is 15.0. The summed E-state index contributed by atoms with van der Waals surface area (Å²) in [6.45, 7) is 8.92. The fourth-order valence-electron chi connectivity index (χ4n) is 6.76. The van der Waals surface area contributed by atoms with Gasteiger partial charge >= 0.3 is 12.1 Å². The van der Waals surface area contributed by atoms with Gasteiger partial charge in [-0.05, 0) is 98.4 Å². The Balaban J connectivity index is 1.60. The molecule has 11 heteroatoms. The smallest absolute Gasteiger partial charge is 0.408 e. The molecule has 0 spiro atoms. The normalized spacial score (nSPS) is 14.4. The summed E-state index contributed by atoms with van der Waals surface area (Å²) < 4.78 is 26.1. The number of carboxylic acid groups (broad SMARTS) is 1. The zero-order valence-corrected chi connectivity index (χ0v) is 31.3. The van der Waals surface area contributed by atoms with Crippen LogP contribution < -0.4 is 15.4 Å². The molecule has 3 atom stereocenters. The number of carbonyl (C=O) groups excluding carboxylic acids is 3. The number of alkyl carbamates (subject to hydrolysis) is 1. The van der Waals surface area contributed by atoms with Gasteiger partial charge in [-0.1, -0.05) is 92.7 Å². The van der Waals surface area contributed by atoms with E-state index in [2.05, 4.69) is 10.6 Å². The molecule has 10 nitrogen and oxygen atoms in total. The van der Waals surface area contributed by atoms with Gasteiger partial charge in [-0.3, -0.25) is 9.59 Å². The third kappa shape index (κ3) is 10.2. The van der Waals surface area contributed by atoms with E-state index in [1.807, 2.05) is 68.4 Å². The zero-order valence-electron chi connectivity index (χ0n) is 31.3. The number of nitrogens with zero attached hydrogens (tertiary/aromatic N) is 1. The van der Waals surface area contributed by atoms with Crippen molar-refractivity contribution in [3.05, 3.63) is 131 Å². The van der Waals surface area contributed by atoms with Crippen LogP contribution in [0.3, 0.4) is 0 Å². The molecule has 0 radical (unpaired) electrons. The number of amides is 3. The Bertz CT molecular complexity index is 1900. The number of benzene rings is 4. The van der Waals surface area contributed by atoms with Crippen LogP contribution in [-0.4, -0.2) is 51.6 Å².